The van der Waals surface area contributed by atoms with Gasteiger partial charge >= 0.3 is 0 Å². The van der Waals surface area contributed by atoms with Crippen molar-refractivity contribution in [2.75, 3.05) is 26.2 Å². The van der Waals surface area contributed by atoms with Gasteiger partial charge in [-0.05, 0) is 74.3 Å². The highest BCUT2D eigenvalue weighted by Crippen LogP contribution is 2.27. The fourth-order valence-corrected chi connectivity index (χ4v) is 4.44. The molecule has 3 fully saturated rings. The summed E-state index contributed by atoms with van der Waals surface area (Å²) in [5, 5.41) is 9.64. The maximum absolute atomic E-state index is 6.11. The van der Waals surface area contributed by atoms with E-state index in [1.165, 1.54) is 36.9 Å². The van der Waals surface area contributed by atoms with E-state index in [1.807, 2.05) is 18.2 Å². The second-order valence-corrected chi connectivity index (χ2v) is 7.74. The second-order valence-electron chi connectivity index (χ2n) is 6.90. The molecule has 0 unspecified atom stereocenters. The molecule has 6 heteroatoms. The molecule has 1 atom stereocenters. The van der Waals surface area contributed by atoms with Crippen LogP contribution >= 0.6 is 23.8 Å². The van der Waals surface area contributed by atoms with E-state index in [2.05, 4.69) is 26.7 Å². The molecule has 0 saturated carbocycles. The maximum Gasteiger partial charge on any atom is 0.166 e. The molecule has 5 rings (SSSR count). The van der Waals surface area contributed by atoms with Gasteiger partial charge in [-0.3, -0.25) is 0 Å². The van der Waals surface area contributed by atoms with Crippen molar-refractivity contribution in [2.45, 2.75) is 25.3 Å². The van der Waals surface area contributed by atoms with Crippen LogP contribution in [-0.2, 0) is 6.42 Å². The summed E-state index contributed by atoms with van der Waals surface area (Å²) in [6, 6.07) is 6.47. The summed E-state index contributed by atoms with van der Waals surface area (Å²) >= 11 is 11.6. The largest absolute Gasteiger partial charge is 0.362 e. The number of nitrogens with zero attached hydrogens (tertiary/aromatic N) is 1. The van der Waals surface area contributed by atoms with Crippen LogP contribution in [0.1, 0.15) is 18.4 Å². The lowest BCUT2D eigenvalue weighted by Crippen LogP contribution is -2.58. The first kappa shape index (κ1) is 16.2. The minimum absolute atomic E-state index is 0.513. The predicted molar refractivity (Wildman–Crippen MR) is 104 cm³/mol. The van der Waals surface area contributed by atoms with Gasteiger partial charge in [0, 0.05) is 41.3 Å². The van der Waals surface area contributed by atoms with Crippen molar-refractivity contribution in [3.8, 4) is 0 Å². The number of H-pyrrole nitrogens is 1. The third-order valence-electron chi connectivity index (χ3n) is 5.38. The third-order valence-corrected chi connectivity index (χ3v) is 5.88. The molecule has 1 aromatic carbocycles. The van der Waals surface area contributed by atoms with E-state index >= 15 is 0 Å². The number of thiocarbonyl (C=S) groups is 1. The molecule has 128 valence electrons. The van der Waals surface area contributed by atoms with Crippen LogP contribution in [-0.4, -0.2) is 47.2 Å². The SMILES string of the molecule is S=C(NCCc1c[nH]c2ccc(Cl)cc12)N[C@H]1CN2CCC1CC2. The number of rotatable bonds is 4. The molecule has 0 radical (unpaired) electrons. The van der Waals surface area contributed by atoms with Gasteiger partial charge < -0.3 is 20.5 Å². The average Bonchev–Trinajstić information content (AvgIpc) is 2.98. The number of halogens is 1. The van der Waals surface area contributed by atoms with Gasteiger partial charge in [0.2, 0.25) is 0 Å². The first-order chi connectivity index (χ1) is 11.7. The van der Waals surface area contributed by atoms with Crippen molar-refractivity contribution in [3.05, 3.63) is 35.0 Å². The van der Waals surface area contributed by atoms with E-state index in [4.69, 9.17) is 23.8 Å². The standard InChI is InChI=1S/C18H23ClN4S/c19-14-1-2-16-15(9-14)13(10-21-16)3-6-20-18(24)22-17-11-23-7-4-12(17)5-8-23/h1-2,9-10,12,17,21H,3-8,11H2,(H2,20,22,24)/t17-/m0/s1. The minimum atomic E-state index is 0.513. The fraction of sp³-hybridized carbons (Fsp3) is 0.500. The van der Waals surface area contributed by atoms with Crippen LogP contribution in [0.5, 0.6) is 0 Å². The summed E-state index contributed by atoms with van der Waals surface area (Å²) in [5.74, 6) is 0.783. The van der Waals surface area contributed by atoms with Gasteiger partial charge in [-0.2, -0.15) is 0 Å². The van der Waals surface area contributed by atoms with Crippen LogP contribution in [0.2, 0.25) is 5.02 Å². The number of hydrogen-bond acceptors (Lipinski definition) is 2. The van der Waals surface area contributed by atoms with E-state index in [0.717, 1.165) is 41.1 Å². The predicted octanol–water partition coefficient (Wildman–Crippen LogP) is 2.92. The summed E-state index contributed by atoms with van der Waals surface area (Å²) in [6.07, 6.45) is 5.58. The molecule has 3 aliphatic rings. The number of aromatic nitrogens is 1. The number of fused-ring (bicyclic) bond motifs is 4. The molecule has 3 aliphatic heterocycles. The van der Waals surface area contributed by atoms with Gasteiger partial charge in [0.1, 0.15) is 0 Å². The van der Waals surface area contributed by atoms with Crippen molar-refractivity contribution in [1.29, 1.82) is 0 Å². The lowest BCUT2D eigenvalue weighted by Gasteiger charge is -2.45. The highest BCUT2D eigenvalue weighted by molar-refractivity contribution is 7.80. The van der Waals surface area contributed by atoms with Crippen molar-refractivity contribution in [1.82, 2.24) is 20.5 Å². The molecule has 24 heavy (non-hydrogen) atoms. The maximum atomic E-state index is 6.11. The number of hydrogen-bond donors (Lipinski definition) is 3. The molecule has 4 nitrogen and oxygen atoms in total. The Morgan fingerprint density at radius 3 is 2.92 bits per heavy atom. The molecule has 3 N–H and O–H groups in total. The van der Waals surface area contributed by atoms with Crippen molar-refractivity contribution in [2.24, 2.45) is 5.92 Å². The van der Waals surface area contributed by atoms with E-state index < -0.39 is 0 Å². The van der Waals surface area contributed by atoms with E-state index in [-0.39, 0.29) is 0 Å². The molecule has 0 aliphatic carbocycles. The number of benzene rings is 1. The van der Waals surface area contributed by atoms with Gasteiger partial charge in [-0.15, -0.1) is 0 Å². The molecule has 2 bridgehead atoms. The van der Waals surface area contributed by atoms with Crippen molar-refractivity contribution >= 4 is 39.8 Å². The second kappa shape index (κ2) is 6.90. The van der Waals surface area contributed by atoms with Crippen LogP contribution in [0.3, 0.4) is 0 Å². The van der Waals surface area contributed by atoms with Crippen molar-refractivity contribution in [3.63, 3.8) is 0 Å². The van der Waals surface area contributed by atoms with Gasteiger partial charge in [0.05, 0.1) is 0 Å². The van der Waals surface area contributed by atoms with E-state index in [0.29, 0.717) is 6.04 Å². The topological polar surface area (TPSA) is 43.1 Å². The molecular weight excluding hydrogens is 340 g/mol. The highest BCUT2D eigenvalue weighted by Gasteiger charge is 2.34. The Labute approximate surface area is 152 Å². The quantitative estimate of drug-likeness (QED) is 0.732. The van der Waals surface area contributed by atoms with Crippen molar-refractivity contribution < 1.29 is 0 Å². The molecule has 1 aromatic heterocycles. The zero-order valence-corrected chi connectivity index (χ0v) is 15.2. The van der Waals surface area contributed by atoms with Crippen LogP contribution < -0.4 is 10.6 Å². The monoisotopic (exact) mass is 362 g/mol. The summed E-state index contributed by atoms with van der Waals surface area (Å²) in [7, 11) is 0. The van der Waals surface area contributed by atoms with Crippen LogP contribution in [0.25, 0.3) is 10.9 Å². The lowest BCUT2D eigenvalue weighted by molar-refractivity contribution is 0.0812. The van der Waals surface area contributed by atoms with Gasteiger partial charge in [0.25, 0.3) is 0 Å². The third kappa shape index (κ3) is 3.39. The molecule has 2 aromatic rings. The average molecular weight is 363 g/mol. The van der Waals surface area contributed by atoms with E-state index in [1.54, 1.807) is 0 Å². The Morgan fingerprint density at radius 1 is 1.33 bits per heavy atom. The zero-order valence-electron chi connectivity index (χ0n) is 13.6. The summed E-state index contributed by atoms with van der Waals surface area (Å²) in [6.45, 7) is 4.47. The molecule has 0 amide bonds. The number of nitrogens with one attached hydrogen (secondary N) is 3. The Balaban J connectivity index is 1.29. The first-order valence-corrected chi connectivity index (χ1v) is 9.50. The lowest BCUT2D eigenvalue weighted by atomic mass is 9.84. The van der Waals surface area contributed by atoms with Gasteiger partial charge in [-0.1, -0.05) is 11.6 Å². The smallest absolute Gasteiger partial charge is 0.166 e. The van der Waals surface area contributed by atoms with Crippen LogP contribution in [0, 0.1) is 5.92 Å². The zero-order chi connectivity index (χ0) is 16.5. The number of aromatic amines is 1. The minimum Gasteiger partial charge on any atom is -0.362 e. The van der Waals surface area contributed by atoms with Gasteiger partial charge in [0.15, 0.2) is 5.11 Å². The van der Waals surface area contributed by atoms with E-state index in [9.17, 15) is 0 Å². The fourth-order valence-electron chi connectivity index (χ4n) is 4.02. The van der Waals surface area contributed by atoms with Crippen LogP contribution in [0.4, 0.5) is 0 Å². The Hall–Kier alpha value is -1.30. The Bertz CT molecular complexity index is 736. The first-order valence-electron chi connectivity index (χ1n) is 8.71. The summed E-state index contributed by atoms with van der Waals surface area (Å²) in [5.41, 5.74) is 2.40. The molecule has 4 heterocycles. The number of piperidine rings is 3. The molecular formula is C18H23ClN4S. The summed E-state index contributed by atoms with van der Waals surface area (Å²) in [4.78, 5) is 5.83. The molecule has 0 spiro atoms. The Kier molecular flexibility index (Phi) is 4.66. The van der Waals surface area contributed by atoms with Crippen LogP contribution in [0.15, 0.2) is 24.4 Å². The summed E-state index contributed by atoms with van der Waals surface area (Å²) < 4.78 is 0. The normalized spacial score (nSPS) is 25.8. The van der Waals surface area contributed by atoms with Gasteiger partial charge in [-0.25, -0.2) is 0 Å². The Morgan fingerprint density at radius 2 is 2.17 bits per heavy atom. The molecule has 3 saturated heterocycles. The highest BCUT2D eigenvalue weighted by atomic mass is 35.5.